The van der Waals surface area contributed by atoms with Crippen LogP contribution in [-0.4, -0.2) is 28.9 Å². The molecule has 1 fully saturated rings. The lowest BCUT2D eigenvalue weighted by Crippen LogP contribution is -2.28. The number of aromatic nitrogens is 1. The molecule has 0 saturated heterocycles. The zero-order valence-corrected chi connectivity index (χ0v) is 9.23. The highest BCUT2D eigenvalue weighted by Crippen LogP contribution is 2.28. The molecule has 3 heteroatoms. The van der Waals surface area contributed by atoms with Crippen molar-refractivity contribution in [3.8, 4) is 0 Å². The monoisotopic (exact) mass is 214 g/mol. The van der Waals surface area contributed by atoms with Gasteiger partial charge in [0.25, 0.3) is 5.91 Å². The summed E-state index contributed by atoms with van der Waals surface area (Å²) in [5.41, 5.74) is 1.81. The van der Waals surface area contributed by atoms with Crippen molar-refractivity contribution in [2.24, 2.45) is 0 Å². The van der Waals surface area contributed by atoms with Crippen LogP contribution in [0.5, 0.6) is 0 Å². The molecule has 1 aliphatic carbocycles. The summed E-state index contributed by atoms with van der Waals surface area (Å²) >= 11 is 0. The maximum atomic E-state index is 12.2. The molecule has 1 heterocycles. The van der Waals surface area contributed by atoms with Gasteiger partial charge in [-0.1, -0.05) is 18.2 Å². The van der Waals surface area contributed by atoms with E-state index < -0.39 is 0 Å². The second-order valence-corrected chi connectivity index (χ2v) is 4.40. The SMILES string of the molecule is CN(C(=O)c1c[nH]c2ccccc12)C1CC1. The minimum absolute atomic E-state index is 0.125. The molecule has 1 aliphatic rings. The molecule has 1 aromatic carbocycles. The van der Waals surface area contributed by atoms with Crippen molar-refractivity contribution in [2.75, 3.05) is 7.05 Å². The first-order valence-corrected chi connectivity index (χ1v) is 5.60. The second kappa shape index (κ2) is 3.37. The van der Waals surface area contributed by atoms with Crippen LogP contribution < -0.4 is 0 Å². The molecule has 0 bridgehead atoms. The summed E-state index contributed by atoms with van der Waals surface area (Å²) in [4.78, 5) is 17.2. The van der Waals surface area contributed by atoms with Crippen LogP contribution in [-0.2, 0) is 0 Å². The second-order valence-electron chi connectivity index (χ2n) is 4.40. The summed E-state index contributed by atoms with van der Waals surface area (Å²) in [5, 5.41) is 1.01. The first kappa shape index (κ1) is 9.46. The van der Waals surface area contributed by atoms with Crippen molar-refractivity contribution < 1.29 is 4.79 Å². The summed E-state index contributed by atoms with van der Waals surface area (Å²) in [5.74, 6) is 0.125. The zero-order valence-electron chi connectivity index (χ0n) is 9.23. The number of H-pyrrole nitrogens is 1. The van der Waals surface area contributed by atoms with E-state index in [2.05, 4.69) is 4.98 Å². The number of rotatable bonds is 2. The van der Waals surface area contributed by atoms with Crippen LogP contribution in [0, 0.1) is 0 Å². The van der Waals surface area contributed by atoms with Crippen LogP contribution in [0.15, 0.2) is 30.5 Å². The summed E-state index contributed by atoms with van der Waals surface area (Å²) in [6, 6.07) is 8.37. The summed E-state index contributed by atoms with van der Waals surface area (Å²) in [7, 11) is 1.89. The molecule has 3 nitrogen and oxygen atoms in total. The van der Waals surface area contributed by atoms with Gasteiger partial charge in [0.15, 0.2) is 0 Å². The highest BCUT2D eigenvalue weighted by Gasteiger charge is 2.30. The summed E-state index contributed by atoms with van der Waals surface area (Å²) in [6.07, 6.45) is 4.10. The van der Waals surface area contributed by atoms with Gasteiger partial charge in [-0.25, -0.2) is 0 Å². The summed E-state index contributed by atoms with van der Waals surface area (Å²) < 4.78 is 0. The van der Waals surface area contributed by atoms with E-state index in [1.54, 1.807) is 0 Å². The maximum absolute atomic E-state index is 12.2. The Hall–Kier alpha value is -1.77. The molecule has 0 radical (unpaired) electrons. The Morgan fingerprint density at radius 3 is 2.88 bits per heavy atom. The minimum Gasteiger partial charge on any atom is -0.360 e. The van der Waals surface area contributed by atoms with Gasteiger partial charge in [0.1, 0.15) is 0 Å². The lowest BCUT2D eigenvalue weighted by molar-refractivity contribution is 0.0787. The first-order chi connectivity index (χ1) is 7.77. The highest BCUT2D eigenvalue weighted by molar-refractivity contribution is 6.06. The number of aromatic amines is 1. The highest BCUT2D eigenvalue weighted by atomic mass is 16.2. The fraction of sp³-hybridized carbons (Fsp3) is 0.308. The van der Waals surface area contributed by atoms with Gasteiger partial charge in [0.05, 0.1) is 5.56 Å². The third kappa shape index (κ3) is 1.40. The van der Waals surface area contributed by atoms with Gasteiger partial charge in [-0.05, 0) is 18.9 Å². The maximum Gasteiger partial charge on any atom is 0.256 e. The Bertz CT molecular complexity index is 540. The van der Waals surface area contributed by atoms with Crippen molar-refractivity contribution in [1.29, 1.82) is 0 Å². The number of benzene rings is 1. The number of fused-ring (bicyclic) bond motifs is 1. The summed E-state index contributed by atoms with van der Waals surface area (Å²) in [6.45, 7) is 0. The van der Waals surface area contributed by atoms with Gasteiger partial charge in [0.2, 0.25) is 0 Å². The van der Waals surface area contributed by atoms with E-state index in [0.717, 1.165) is 29.3 Å². The molecule has 2 aromatic rings. The predicted octanol–water partition coefficient (Wildman–Crippen LogP) is 2.40. The normalized spacial score (nSPS) is 15.3. The van der Waals surface area contributed by atoms with Crippen molar-refractivity contribution in [3.63, 3.8) is 0 Å². The van der Waals surface area contributed by atoms with Gasteiger partial charge in [-0.3, -0.25) is 4.79 Å². The van der Waals surface area contributed by atoms with Gasteiger partial charge in [-0.15, -0.1) is 0 Å². The van der Waals surface area contributed by atoms with Crippen molar-refractivity contribution >= 4 is 16.8 Å². The Kier molecular flexibility index (Phi) is 1.99. The molecule has 82 valence electrons. The van der Waals surface area contributed by atoms with Crippen molar-refractivity contribution in [1.82, 2.24) is 9.88 Å². The number of hydrogen-bond donors (Lipinski definition) is 1. The Morgan fingerprint density at radius 1 is 1.38 bits per heavy atom. The Morgan fingerprint density at radius 2 is 2.12 bits per heavy atom. The molecule has 1 saturated carbocycles. The van der Waals surface area contributed by atoms with Gasteiger partial charge in [0, 0.05) is 30.2 Å². The number of amides is 1. The number of carbonyl (C=O) groups excluding carboxylic acids is 1. The fourth-order valence-corrected chi connectivity index (χ4v) is 2.07. The molecule has 0 unspecified atom stereocenters. The molecule has 1 amide bonds. The van der Waals surface area contributed by atoms with Gasteiger partial charge < -0.3 is 9.88 Å². The minimum atomic E-state index is 0.125. The Balaban J connectivity index is 2.01. The van der Waals surface area contributed by atoms with E-state index in [0.29, 0.717) is 6.04 Å². The van der Waals surface area contributed by atoms with Crippen LogP contribution in [0.3, 0.4) is 0 Å². The lowest BCUT2D eigenvalue weighted by Gasteiger charge is -2.15. The molecule has 16 heavy (non-hydrogen) atoms. The third-order valence-electron chi connectivity index (χ3n) is 3.23. The lowest BCUT2D eigenvalue weighted by atomic mass is 10.1. The van der Waals surface area contributed by atoms with E-state index in [9.17, 15) is 4.79 Å². The van der Waals surface area contributed by atoms with Crippen LogP contribution in [0.25, 0.3) is 10.9 Å². The van der Waals surface area contributed by atoms with Crippen LogP contribution >= 0.6 is 0 Å². The van der Waals surface area contributed by atoms with E-state index in [4.69, 9.17) is 0 Å². The van der Waals surface area contributed by atoms with Crippen molar-refractivity contribution in [2.45, 2.75) is 18.9 Å². The molecule has 0 aliphatic heterocycles. The van der Waals surface area contributed by atoms with E-state index >= 15 is 0 Å². The standard InChI is InChI=1S/C13H14N2O/c1-15(9-6-7-9)13(16)11-8-14-12-5-3-2-4-10(11)12/h2-5,8-9,14H,6-7H2,1H3. The molecular weight excluding hydrogens is 200 g/mol. The molecule has 1 N–H and O–H groups in total. The van der Waals surface area contributed by atoms with Crippen molar-refractivity contribution in [3.05, 3.63) is 36.0 Å². The van der Waals surface area contributed by atoms with Gasteiger partial charge >= 0.3 is 0 Å². The predicted molar refractivity (Wildman–Crippen MR) is 63.4 cm³/mol. The molecular formula is C13H14N2O. The first-order valence-electron chi connectivity index (χ1n) is 5.60. The number of nitrogens with one attached hydrogen (secondary N) is 1. The molecule has 0 spiro atoms. The van der Waals surface area contributed by atoms with E-state index in [1.165, 1.54) is 0 Å². The number of carbonyl (C=O) groups is 1. The smallest absolute Gasteiger partial charge is 0.256 e. The molecule has 0 atom stereocenters. The van der Waals surface area contributed by atoms with E-state index in [1.807, 2.05) is 42.4 Å². The fourth-order valence-electron chi connectivity index (χ4n) is 2.07. The number of para-hydroxylation sites is 1. The molecule has 3 rings (SSSR count). The average molecular weight is 214 g/mol. The topological polar surface area (TPSA) is 36.1 Å². The number of nitrogens with zero attached hydrogens (tertiary/aromatic N) is 1. The van der Waals surface area contributed by atoms with Crippen LogP contribution in [0.2, 0.25) is 0 Å². The van der Waals surface area contributed by atoms with Gasteiger partial charge in [-0.2, -0.15) is 0 Å². The molecule has 1 aromatic heterocycles. The largest absolute Gasteiger partial charge is 0.360 e. The zero-order chi connectivity index (χ0) is 11.1. The number of hydrogen-bond acceptors (Lipinski definition) is 1. The Labute approximate surface area is 94.1 Å². The third-order valence-corrected chi connectivity index (χ3v) is 3.23. The average Bonchev–Trinajstić information content (AvgIpc) is 3.07. The van der Waals surface area contributed by atoms with E-state index in [-0.39, 0.29) is 5.91 Å². The van der Waals surface area contributed by atoms with Crippen LogP contribution in [0.1, 0.15) is 23.2 Å². The quantitative estimate of drug-likeness (QED) is 0.818. The van der Waals surface area contributed by atoms with Crippen LogP contribution in [0.4, 0.5) is 0 Å².